The molecule has 10 heteroatoms. The molecular weight excluding hydrogens is 388 g/mol. The van der Waals surface area contributed by atoms with Gasteiger partial charge in [0.15, 0.2) is 0 Å². The summed E-state index contributed by atoms with van der Waals surface area (Å²) in [6.07, 6.45) is 3.92. The van der Waals surface area contributed by atoms with Gasteiger partial charge in [-0.1, -0.05) is 0 Å². The average molecular weight is 410 g/mol. The number of hydrogen-bond donors (Lipinski definition) is 3. The Kier molecular flexibility index (Phi) is 5.48. The maximum absolute atomic E-state index is 12.4. The van der Waals surface area contributed by atoms with Crippen LogP contribution < -0.4 is 15.4 Å². The van der Waals surface area contributed by atoms with E-state index in [1.54, 1.807) is 36.3 Å². The smallest absolute Gasteiger partial charge is 0.325 e. The zero-order valence-electron chi connectivity index (χ0n) is 16.4. The Labute approximate surface area is 172 Å². The van der Waals surface area contributed by atoms with E-state index in [1.807, 2.05) is 12.1 Å². The molecule has 0 atom stereocenters. The van der Waals surface area contributed by atoms with Gasteiger partial charge in [0.05, 0.1) is 11.6 Å². The van der Waals surface area contributed by atoms with Crippen LogP contribution in [0.3, 0.4) is 0 Å². The fourth-order valence-corrected chi connectivity index (χ4v) is 3.29. The molecule has 1 saturated heterocycles. The standard InChI is InChI=1S/C20H22N6O4/c1-21-19(28)26-11-5-13-2-3-15(12-16(13)26)30-17-4-8-22-18(23-17)24-20(29)25-9-6-14(27)7-10-25/h2-5,8,11-12,14,27H,6-7,9-10H2,1H3,(H,21,28)(H,22,23,24,29). The molecule has 30 heavy (non-hydrogen) atoms. The number of aliphatic hydroxyl groups is 1. The molecule has 4 rings (SSSR count). The molecule has 10 nitrogen and oxygen atoms in total. The summed E-state index contributed by atoms with van der Waals surface area (Å²) >= 11 is 0. The van der Waals surface area contributed by atoms with Crippen LogP contribution in [0.1, 0.15) is 12.8 Å². The number of benzene rings is 1. The number of piperidine rings is 1. The second kappa shape index (κ2) is 8.37. The number of nitrogens with zero attached hydrogens (tertiary/aromatic N) is 4. The van der Waals surface area contributed by atoms with Gasteiger partial charge in [-0.3, -0.25) is 9.88 Å². The van der Waals surface area contributed by atoms with Gasteiger partial charge in [-0.15, -0.1) is 0 Å². The SMILES string of the molecule is CNC(=O)n1ccc2ccc(Oc3ccnc(NC(=O)N4CCC(O)CC4)n3)cc21. The van der Waals surface area contributed by atoms with E-state index in [4.69, 9.17) is 4.74 Å². The predicted molar refractivity (Wildman–Crippen MR) is 110 cm³/mol. The first-order chi connectivity index (χ1) is 14.5. The number of rotatable bonds is 3. The Morgan fingerprint density at radius 1 is 1.17 bits per heavy atom. The van der Waals surface area contributed by atoms with Crippen molar-refractivity contribution in [2.75, 3.05) is 25.5 Å². The van der Waals surface area contributed by atoms with Crippen LogP contribution in [-0.2, 0) is 0 Å². The first-order valence-electron chi connectivity index (χ1n) is 9.61. The topological polar surface area (TPSA) is 122 Å². The second-order valence-electron chi connectivity index (χ2n) is 6.93. The Bertz CT molecular complexity index is 1070. The zero-order chi connectivity index (χ0) is 21.1. The van der Waals surface area contributed by atoms with E-state index >= 15 is 0 Å². The number of amides is 3. The van der Waals surface area contributed by atoms with Crippen molar-refractivity contribution in [3.63, 3.8) is 0 Å². The summed E-state index contributed by atoms with van der Waals surface area (Å²) in [5.74, 6) is 0.873. The summed E-state index contributed by atoms with van der Waals surface area (Å²) in [6, 6.07) is 8.21. The van der Waals surface area contributed by atoms with Crippen molar-refractivity contribution in [2.24, 2.45) is 0 Å². The summed E-state index contributed by atoms with van der Waals surface area (Å²) < 4.78 is 7.30. The molecule has 0 saturated carbocycles. The lowest BCUT2D eigenvalue weighted by Crippen LogP contribution is -2.42. The third-order valence-electron chi connectivity index (χ3n) is 4.92. The normalized spacial score (nSPS) is 14.5. The molecule has 1 fully saturated rings. The number of ether oxygens (including phenoxy) is 1. The number of hydrogen-bond acceptors (Lipinski definition) is 6. The maximum Gasteiger partial charge on any atom is 0.325 e. The fraction of sp³-hybridized carbons (Fsp3) is 0.300. The number of nitrogens with one attached hydrogen (secondary N) is 2. The van der Waals surface area contributed by atoms with E-state index in [-0.39, 0.29) is 30.0 Å². The molecule has 0 radical (unpaired) electrons. The molecule has 1 aliphatic heterocycles. The zero-order valence-corrected chi connectivity index (χ0v) is 16.4. The maximum atomic E-state index is 12.4. The highest BCUT2D eigenvalue weighted by Gasteiger charge is 2.22. The minimum atomic E-state index is -0.358. The van der Waals surface area contributed by atoms with Crippen molar-refractivity contribution in [3.8, 4) is 11.6 Å². The van der Waals surface area contributed by atoms with Gasteiger partial charge in [0.1, 0.15) is 5.75 Å². The number of likely N-dealkylation sites (tertiary alicyclic amines) is 1. The van der Waals surface area contributed by atoms with Gasteiger partial charge < -0.3 is 20.1 Å². The third kappa shape index (κ3) is 4.18. The van der Waals surface area contributed by atoms with Gasteiger partial charge in [0.25, 0.3) is 0 Å². The van der Waals surface area contributed by atoms with E-state index in [0.29, 0.717) is 37.2 Å². The number of anilines is 1. The van der Waals surface area contributed by atoms with Crippen molar-refractivity contribution in [1.82, 2.24) is 24.8 Å². The van der Waals surface area contributed by atoms with Gasteiger partial charge in [-0.25, -0.2) is 14.6 Å². The van der Waals surface area contributed by atoms with Crippen LogP contribution in [-0.4, -0.2) is 62.8 Å². The van der Waals surface area contributed by atoms with Crippen LogP contribution in [0.15, 0.2) is 42.7 Å². The predicted octanol–water partition coefficient (Wildman–Crippen LogP) is 2.40. The Balaban J connectivity index is 1.48. The molecular formula is C20H22N6O4. The van der Waals surface area contributed by atoms with E-state index in [0.717, 1.165) is 5.39 Å². The Morgan fingerprint density at radius 2 is 1.97 bits per heavy atom. The molecule has 0 spiro atoms. The summed E-state index contributed by atoms with van der Waals surface area (Å²) in [5.41, 5.74) is 0.696. The lowest BCUT2D eigenvalue weighted by Gasteiger charge is -2.29. The summed E-state index contributed by atoms with van der Waals surface area (Å²) in [7, 11) is 1.57. The molecule has 1 aromatic carbocycles. The van der Waals surface area contributed by atoms with Crippen LogP contribution >= 0.6 is 0 Å². The third-order valence-corrected chi connectivity index (χ3v) is 4.92. The summed E-state index contributed by atoms with van der Waals surface area (Å²) in [6.45, 7) is 0.961. The quantitative estimate of drug-likeness (QED) is 0.610. The van der Waals surface area contributed by atoms with Crippen LogP contribution in [0.5, 0.6) is 11.6 Å². The fourth-order valence-electron chi connectivity index (χ4n) is 3.29. The van der Waals surface area contributed by atoms with E-state index in [2.05, 4.69) is 20.6 Å². The van der Waals surface area contributed by atoms with Gasteiger partial charge in [-0.05, 0) is 31.0 Å². The number of aromatic nitrogens is 3. The highest BCUT2D eigenvalue weighted by atomic mass is 16.5. The van der Waals surface area contributed by atoms with Crippen molar-refractivity contribution in [2.45, 2.75) is 18.9 Å². The van der Waals surface area contributed by atoms with Crippen LogP contribution in [0.4, 0.5) is 15.5 Å². The van der Waals surface area contributed by atoms with Gasteiger partial charge in [-0.2, -0.15) is 4.98 Å². The molecule has 1 aliphatic rings. The molecule has 0 bridgehead atoms. The molecule has 2 aromatic heterocycles. The van der Waals surface area contributed by atoms with Crippen molar-refractivity contribution in [1.29, 1.82) is 0 Å². The second-order valence-corrected chi connectivity index (χ2v) is 6.93. The lowest BCUT2D eigenvalue weighted by molar-refractivity contribution is 0.0971. The molecule has 3 aromatic rings. The van der Waals surface area contributed by atoms with E-state index in [1.165, 1.54) is 10.8 Å². The molecule has 0 unspecified atom stereocenters. The molecule has 3 heterocycles. The summed E-state index contributed by atoms with van der Waals surface area (Å²) in [5, 5.41) is 15.7. The number of aliphatic hydroxyl groups excluding tert-OH is 1. The highest BCUT2D eigenvalue weighted by Crippen LogP contribution is 2.26. The van der Waals surface area contributed by atoms with Crippen LogP contribution in [0.25, 0.3) is 10.9 Å². The molecule has 3 N–H and O–H groups in total. The summed E-state index contributed by atoms with van der Waals surface area (Å²) in [4.78, 5) is 34.3. The van der Waals surface area contributed by atoms with E-state index in [9.17, 15) is 14.7 Å². The van der Waals surface area contributed by atoms with Crippen molar-refractivity contribution >= 4 is 28.9 Å². The van der Waals surface area contributed by atoms with Crippen molar-refractivity contribution < 1.29 is 19.4 Å². The average Bonchev–Trinajstić information content (AvgIpc) is 3.17. The first-order valence-corrected chi connectivity index (χ1v) is 9.61. The number of carbonyl (C=O) groups excluding carboxylic acids is 2. The monoisotopic (exact) mass is 410 g/mol. The van der Waals surface area contributed by atoms with Gasteiger partial charge in [0.2, 0.25) is 11.8 Å². The Morgan fingerprint density at radius 3 is 2.73 bits per heavy atom. The van der Waals surface area contributed by atoms with Crippen LogP contribution in [0.2, 0.25) is 0 Å². The number of fused-ring (bicyclic) bond motifs is 1. The van der Waals surface area contributed by atoms with Gasteiger partial charge in [0, 0.05) is 50.0 Å². The molecule has 156 valence electrons. The minimum absolute atomic E-state index is 0.124. The van der Waals surface area contributed by atoms with Crippen LogP contribution in [0, 0.1) is 0 Å². The lowest BCUT2D eigenvalue weighted by atomic mass is 10.1. The molecule has 0 aliphatic carbocycles. The van der Waals surface area contributed by atoms with Gasteiger partial charge >= 0.3 is 12.1 Å². The minimum Gasteiger partial charge on any atom is -0.439 e. The first kappa shape index (κ1) is 19.6. The van der Waals surface area contributed by atoms with E-state index < -0.39 is 0 Å². The number of carbonyl (C=O) groups is 2. The Hall–Kier alpha value is -3.66. The van der Waals surface area contributed by atoms with Crippen molar-refractivity contribution in [3.05, 3.63) is 42.7 Å². The highest BCUT2D eigenvalue weighted by molar-refractivity contribution is 5.92. The number of urea groups is 1. The molecule has 3 amide bonds. The largest absolute Gasteiger partial charge is 0.439 e.